The first kappa shape index (κ1) is 29.8. The van der Waals surface area contributed by atoms with Gasteiger partial charge >= 0.3 is 18.3 Å². The van der Waals surface area contributed by atoms with E-state index in [1.807, 2.05) is 0 Å². The number of carboxylic acids is 1. The molecule has 4 N–H and O–H groups in total. The molecule has 2 bridgehead atoms. The van der Waals surface area contributed by atoms with Crippen LogP contribution >= 0.6 is 0 Å². The summed E-state index contributed by atoms with van der Waals surface area (Å²) in [6.07, 6.45) is 1.72. The van der Waals surface area contributed by atoms with E-state index in [0.29, 0.717) is 17.8 Å². The molecule has 3 aromatic rings. The number of aromatic carboxylic acids is 1. The molecule has 1 aromatic carbocycles. The fraction of sp³-hybridized carbons (Fsp3) is 0.444. The van der Waals surface area contributed by atoms with E-state index >= 15 is 0 Å². The first-order valence-electron chi connectivity index (χ1n) is 12.9. The van der Waals surface area contributed by atoms with Gasteiger partial charge in [0.2, 0.25) is 0 Å². The van der Waals surface area contributed by atoms with Gasteiger partial charge in [-0.15, -0.1) is 13.2 Å². The zero-order chi connectivity index (χ0) is 29.8. The van der Waals surface area contributed by atoms with Gasteiger partial charge < -0.3 is 25.6 Å². The number of carbonyl (C=O) groups is 3. The Morgan fingerprint density at radius 1 is 1.10 bits per heavy atom. The number of methoxy groups -OCH3 is 1. The Hall–Kier alpha value is -4.20. The number of nitrogens with zero attached hydrogens (tertiary/aromatic N) is 3. The highest BCUT2D eigenvalue weighted by Gasteiger charge is 2.53. The van der Waals surface area contributed by atoms with Gasteiger partial charge in [0.25, 0.3) is 5.91 Å². The summed E-state index contributed by atoms with van der Waals surface area (Å²) in [5, 5.41) is 16.3. The normalized spacial score (nSPS) is 21.5. The van der Waals surface area contributed by atoms with Gasteiger partial charge in [0, 0.05) is 25.2 Å². The maximum atomic E-state index is 12.8. The average Bonchev–Trinajstić information content (AvgIpc) is 3.44. The fourth-order valence-electron chi connectivity index (χ4n) is 5.46. The molecule has 3 aliphatic carbocycles. The first-order chi connectivity index (χ1) is 19.4. The van der Waals surface area contributed by atoms with Crippen molar-refractivity contribution in [3.05, 3.63) is 59.5 Å². The van der Waals surface area contributed by atoms with Crippen LogP contribution in [0, 0.1) is 10.8 Å². The molecule has 2 aromatic heterocycles. The molecular weight excluding hydrogens is 547 g/mol. The molecule has 6 rings (SSSR count). The third-order valence-corrected chi connectivity index (χ3v) is 7.82. The van der Waals surface area contributed by atoms with E-state index in [2.05, 4.69) is 20.1 Å². The number of fused-ring (bicyclic) bond motifs is 4. The summed E-state index contributed by atoms with van der Waals surface area (Å²) in [6, 6.07) is 8.36. The third-order valence-electron chi connectivity index (χ3n) is 7.82. The molecule has 3 fully saturated rings. The molecule has 1 amide bonds. The average molecular weight is 578 g/mol. The zero-order valence-electron chi connectivity index (χ0n) is 22.2. The predicted molar refractivity (Wildman–Crippen MR) is 138 cm³/mol. The second-order valence-electron chi connectivity index (χ2n) is 10.3. The number of nitrogens with two attached hydrogens (primary N) is 1. The van der Waals surface area contributed by atoms with Crippen molar-refractivity contribution >= 4 is 23.5 Å². The van der Waals surface area contributed by atoms with Crippen molar-refractivity contribution in [1.82, 2.24) is 19.9 Å². The molecule has 3 aliphatic rings. The molecule has 41 heavy (non-hydrogen) atoms. The summed E-state index contributed by atoms with van der Waals surface area (Å²) in [5.41, 5.74) is 5.70. The lowest BCUT2D eigenvalue weighted by molar-refractivity contribution is -0.274. The Morgan fingerprint density at radius 3 is 2.37 bits per heavy atom. The van der Waals surface area contributed by atoms with Gasteiger partial charge in [-0.05, 0) is 61.6 Å². The highest BCUT2D eigenvalue weighted by Crippen LogP contribution is 2.57. The summed E-state index contributed by atoms with van der Waals surface area (Å²) < 4.78 is 45.2. The van der Waals surface area contributed by atoms with Crippen molar-refractivity contribution in [1.29, 1.82) is 0 Å². The second kappa shape index (κ2) is 11.7. The number of aromatic nitrogens is 3. The van der Waals surface area contributed by atoms with Gasteiger partial charge in [-0.2, -0.15) is 5.10 Å². The topological polar surface area (TPSA) is 158 Å². The lowest BCUT2D eigenvalue weighted by Crippen LogP contribution is -2.50. The van der Waals surface area contributed by atoms with Crippen LogP contribution in [0.2, 0.25) is 0 Å². The van der Waals surface area contributed by atoms with Crippen LogP contribution in [0.4, 0.5) is 13.2 Å². The van der Waals surface area contributed by atoms with E-state index < -0.39 is 12.3 Å². The summed E-state index contributed by atoms with van der Waals surface area (Å²) >= 11 is 0. The molecule has 11 nitrogen and oxygen atoms in total. The van der Waals surface area contributed by atoms with Crippen LogP contribution in [-0.4, -0.2) is 57.6 Å². The molecule has 0 atom stereocenters. The lowest BCUT2D eigenvalue weighted by atomic mass is 9.53. The summed E-state index contributed by atoms with van der Waals surface area (Å²) in [4.78, 5) is 40.2. The number of ether oxygens (including phenoxy) is 2. The second-order valence-corrected chi connectivity index (χ2v) is 10.3. The standard InChI is InChI=1S/C19H22N4O5.C8H8F3NO/c1-28-17(27)19-6-3-18(4-7-19,5-8-19)11-20-15(24)13-10-12(16(25)26)22-14-2-9-21-23(13)14;9-8(10,11)13-7-3-1-2-6(4-7)5-12/h2,9-10H,3-8,11H2,1H3,(H,20,24)(H,25,26);1-4H,5,12H2. The molecule has 0 aliphatic heterocycles. The zero-order valence-corrected chi connectivity index (χ0v) is 22.2. The highest BCUT2D eigenvalue weighted by molar-refractivity contribution is 5.96. The smallest absolute Gasteiger partial charge is 0.477 e. The van der Waals surface area contributed by atoms with E-state index in [4.69, 9.17) is 10.5 Å². The molecule has 14 heteroatoms. The van der Waals surface area contributed by atoms with Crippen molar-refractivity contribution in [3.8, 4) is 5.75 Å². The van der Waals surface area contributed by atoms with Gasteiger partial charge in [0.05, 0.1) is 18.7 Å². The van der Waals surface area contributed by atoms with E-state index in [0.717, 1.165) is 38.5 Å². The lowest BCUT2D eigenvalue weighted by Gasteiger charge is -2.51. The quantitative estimate of drug-likeness (QED) is 0.356. The van der Waals surface area contributed by atoms with Crippen LogP contribution < -0.4 is 15.8 Å². The maximum Gasteiger partial charge on any atom is 0.573 e. The van der Waals surface area contributed by atoms with E-state index in [9.17, 15) is 32.7 Å². The SMILES string of the molecule is COC(=O)C12CCC(CNC(=O)c3cc(C(=O)O)nc4ccnn34)(CC1)CC2.NCc1cccc(OC(F)(F)F)c1. The van der Waals surface area contributed by atoms with Crippen molar-refractivity contribution in [2.24, 2.45) is 16.6 Å². The number of hydrogen-bond acceptors (Lipinski definition) is 8. The van der Waals surface area contributed by atoms with E-state index in [1.165, 1.54) is 42.1 Å². The number of alkyl halides is 3. The predicted octanol–water partition coefficient (Wildman–Crippen LogP) is 3.71. The van der Waals surface area contributed by atoms with Crippen molar-refractivity contribution in [2.75, 3.05) is 13.7 Å². The van der Waals surface area contributed by atoms with Crippen molar-refractivity contribution in [2.45, 2.75) is 51.4 Å². The van der Waals surface area contributed by atoms with Crippen molar-refractivity contribution in [3.63, 3.8) is 0 Å². The number of esters is 1. The number of nitrogens with one attached hydrogen (secondary N) is 1. The van der Waals surface area contributed by atoms with Crippen LogP contribution in [0.5, 0.6) is 5.75 Å². The third kappa shape index (κ3) is 6.76. The minimum Gasteiger partial charge on any atom is -0.477 e. The van der Waals surface area contributed by atoms with Gasteiger partial charge in [0.1, 0.15) is 11.4 Å². The molecular formula is C27H30F3N5O6. The minimum absolute atomic E-state index is 0.0304. The molecule has 2 heterocycles. The molecule has 220 valence electrons. The number of amides is 1. The first-order valence-corrected chi connectivity index (χ1v) is 12.9. The van der Waals surface area contributed by atoms with Crippen LogP contribution in [0.25, 0.3) is 5.65 Å². The summed E-state index contributed by atoms with van der Waals surface area (Å²) in [6.45, 7) is 0.672. The molecule has 0 saturated heterocycles. The highest BCUT2D eigenvalue weighted by atomic mass is 19.4. The number of carboxylic acid groups (broad SMARTS) is 1. The van der Waals surface area contributed by atoms with Gasteiger partial charge in [-0.25, -0.2) is 14.3 Å². The number of rotatable bonds is 7. The van der Waals surface area contributed by atoms with E-state index in [1.54, 1.807) is 12.1 Å². The monoisotopic (exact) mass is 577 g/mol. The summed E-state index contributed by atoms with van der Waals surface area (Å²) in [5.74, 6) is -1.95. The number of hydrogen-bond donors (Lipinski definition) is 3. The Bertz CT molecular complexity index is 1420. The van der Waals surface area contributed by atoms with Gasteiger partial charge in [-0.1, -0.05) is 12.1 Å². The molecule has 0 radical (unpaired) electrons. The summed E-state index contributed by atoms with van der Waals surface area (Å²) in [7, 11) is 1.43. The van der Waals surface area contributed by atoms with Crippen LogP contribution in [0.1, 0.15) is 65.1 Å². The minimum atomic E-state index is -4.65. The number of carbonyl (C=O) groups excluding carboxylic acids is 2. The Morgan fingerprint density at radius 2 is 1.78 bits per heavy atom. The Kier molecular flexibility index (Phi) is 8.52. The molecule has 0 unspecified atom stereocenters. The van der Waals surface area contributed by atoms with Gasteiger partial charge in [-0.3, -0.25) is 9.59 Å². The number of benzene rings is 1. The largest absolute Gasteiger partial charge is 0.573 e. The Balaban J connectivity index is 0.000000251. The molecule has 0 spiro atoms. The van der Waals surface area contributed by atoms with E-state index in [-0.39, 0.29) is 46.4 Å². The Labute approximate surface area is 232 Å². The van der Waals surface area contributed by atoms with Crippen LogP contribution in [0.3, 0.4) is 0 Å². The fourth-order valence-corrected chi connectivity index (χ4v) is 5.46. The number of halogens is 3. The van der Waals surface area contributed by atoms with Crippen molar-refractivity contribution < 1.29 is 42.1 Å². The van der Waals surface area contributed by atoms with Gasteiger partial charge in [0.15, 0.2) is 11.3 Å². The van der Waals surface area contributed by atoms with Crippen LogP contribution in [0.15, 0.2) is 42.6 Å². The van der Waals surface area contributed by atoms with Crippen LogP contribution in [-0.2, 0) is 16.1 Å². The molecule has 3 saturated carbocycles. The maximum absolute atomic E-state index is 12.8.